The summed E-state index contributed by atoms with van der Waals surface area (Å²) >= 11 is 0. The molecule has 0 spiro atoms. The molecule has 1 saturated heterocycles. The predicted molar refractivity (Wildman–Crippen MR) is 85.4 cm³/mol. The van der Waals surface area contributed by atoms with Gasteiger partial charge in [0.15, 0.2) is 0 Å². The van der Waals surface area contributed by atoms with Crippen LogP contribution in [0.3, 0.4) is 0 Å². The summed E-state index contributed by atoms with van der Waals surface area (Å²) in [6.45, 7) is 3.85. The summed E-state index contributed by atoms with van der Waals surface area (Å²) < 4.78 is 29.6. The van der Waals surface area contributed by atoms with E-state index in [2.05, 4.69) is 0 Å². The molecule has 0 unspecified atom stereocenters. The zero-order valence-electron chi connectivity index (χ0n) is 12.8. The summed E-state index contributed by atoms with van der Waals surface area (Å²) in [5, 5.41) is 0. The summed E-state index contributed by atoms with van der Waals surface area (Å²) in [6.07, 6.45) is 1.20. The van der Waals surface area contributed by atoms with Gasteiger partial charge >= 0.3 is 5.97 Å². The van der Waals surface area contributed by atoms with E-state index in [-0.39, 0.29) is 6.61 Å². The Morgan fingerprint density at radius 3 is 2.45 bits per heavy atom. The van der Waals surface area contributed by atoms with Crippen LogP contribution in [0.2, 0.25) is 0 Å². The largest absolute Gasteiger partial charge is 0.462 e. The molecular weight excluding hydrogens is 306 g/mol. The van der Waals surface area contributed by atoms with Crippen molar-refractivity contribution >= 4 is 27.4 Å². The van der Waals surface area contributed by atoms with Crippen molar-refractivity contribution in [3.8, 4) is 0 Å². The molecule has 22 heavy (non-hydrogen) atoms. The van der Waals surface area contributed by atoms with E-state index in [4.69, 9.17) is 10.5 Å². The minimum atomic E-state index is -3.18. The molecule has 0 radical (unpaired) electrons. The van der Waals surface area contributed by atoms with Crippen LogP contribution < -0.4 is 10.6 Å². The second kappa shape index (κ2) is 6.53. The Morgan fingerprint density at radius 2 is 1.91 bits per heavy atom. The van der Waals surface area contributed by atoms with E-state index >= 15 is 0 Å². The van der Waals surface area contributed by atoms with Crippen LogP contribution in [0.25, 0.3) is 0 Å². The van der Waals surface area contributed by atoms with Crippen LogP contribution in [0, 0.1) is 0 Å². The van der Waals surface area contributed by atoms with Gasteiger partial charge in [-0.3, -0.25) is 0 Å². The normalized spacial score (nSPS) is 16.5. The lowest BCUT2D eigenvalue weighted by molar-refractivity contribution is 0.0527. The van der Waals surface area contributed by atoms with Gasteiger partial charge in [0.05, 0.1) is 24.1 Å². The molecule has 0 aliphatic carbocycles. The Kier molecular flexibility index (Phi) is 4.92. The topological polar surface area (TPSA) is 92.9 Å². The van der Waals surface area contributed by atoms with E-state index in [1.807, 2.05) is 4.90 Å². The molecule has 7 nitrogen and oxygen atoms in total. The zero-order valence-corrected chi connectivity index (χ0v) is 13.6. The lowest BCUT2D eigenvalue weighted by Crippen LogP contribution is -2.48. The Labute approximate surface area is 130 Å². The fraction of sp³-hybridized carbons (Fsp3) is 0.500. The molecule has 2 N–H and O–H groups in total. The van der Waals surface area contributed by atoms with Crippen LogP contribution in [0.5, 0.6) is 0 Å². The maximum Gasteiger partial charge on any atom is 0.340 e. The number of hydrogen-bond acceptors (Lipinski definition) is 6. The quantitative estimate of drug-likeness (QED) is 0.640. The van der Waals surface area contributed by atoms with E-state index in [9.17, 15) is 13.2 Å². The first-order valence-corrected chi connectivity index (χ1v) is 8.94. The number of carbonyl (C=O) groups excluding carboxylic acids is 1. The Bertz CT molecular complexity index is 652. The van der Waals surface area contributed by atoms with Gasteiger partial charge in [0.1, 0.15) is 0 Å². The molecule has 1 aromatic carbocycles. The van der Waals surface area contributed by atoms with Crippen LogP contribution in [0.4, 0.5) is 11.4 Å². The van der Waals surface area contributed by atoms with Crippen molar-refractivity contribution in [2.24, 2.45) is 0 Å². The van der Waals surface area contributed by atoms with Gasteiger partial charge in [-0.2, -0.15) is 4.31 Å². The number of nitrogen functional groups attached to an aromatic ring is 1. The molecule has 0 bridgehead atoms. The van der Waals surface area contributed by atoms with Gasteiger partial charge in [-0.05, 0) is 25.1 Å². The van der Waals surface area contributed by atoms with Gasteiger partial charge < -0.3 is 15.4 Å². The van der Waals surface area contributed by atoms with Crippen molar-refractivity contribution < 1.29 is 17.9 Å². The third-order valence-corrected chi connectivity index (χ3v) is 4.87. The lowest BCUT2D eigenvalue weighted by Gasteiger charge is -2.35. The third-order valence-electron chi connectivity index (χ3n) is 3.56. The SMILES string of the molecule is CCOC(=O)c1cc(N)ccc1N1CCN(S(C)(=O)=O)CC1. The molecule has 1 fully saturated rings. The second-order valence-corrected chi connectivity index (χ2v) is 7.13. The first-order valence-electron chi connectivity index (χ1n) is 7.09. The van der Waals surface area contributed by atoms with Gasteiger partial charge in [0.2, 0.25) is 10.0 Å². The van der Waals surface area contributed by atoms with E-state index in [0.717, 1.165) is 5.69 Å². The molecule has 1 aliphatic heterocycles. The zero-order chi connectivity index (χ0) is 16.3. The van der Waals surface area contributed by atoms with Gasteiger partial charge in [0, 0.05) is 31.9 Å². The van der Waals surface area contributed by atoms with Crippen molar-refractivity contribution in [2.45, 2.75) is 6.92 Å². The monoisotopic (exact) mass is 327 g/mol. The number of hydrogen-bond donors (Lipinski definition) is 1. The second-order valence-electron chi connectivity index (χ2n) is 5.15. The van der Waals surface area contributed by atoms with Crippen LogP contribution in [-0.4, -0.2) is 57.7 Å². The van der Waals surface area contributed by atoms with Crippen molar-refractivity contribution in [1.82, 2.24) is 4.31 Å². The molecular formula is C14H21N3O4S. The average molecular weight is 327 g/mol. The maximum absolute atomic E-state index is 12.1. The summed E-state index contributed by atoms with van der Waals surface area (Å²) in [5.74, 6) is -0.421. The van der Waals surface area contributed by atoms with Crippen molar-refractivity contribution in [3.63, 3.8) is 0 Å². The number of piperazine rings is 1. The highest BCUT2D eigenvalue weighted by atomic mass is 32.2. The highest BCUT2D eigenvalue weighted by molar-refractivity contribution is 7.88. The minimum absolute atomic E-state index is 0.287. The Balaban J connectivity index is 2.21. The van der Waals surface area contributed by atoms with Crippen LogP contribution in [0.1, 0.15) is 17.3 Å². The standard InChI is InChI=1S/C14H21N3O4S/c1-3-21-14(18)12-10-11(15)4-5-13(12)16-6-8-17(9-7-16)22(2,19)20/h4-5,10H,3,6-9,15H2,1-2H3. The fourth-order valence-electron chi connectivity index (χ4n) is 2.46. The smallest absolute Gasteiger partial charge is 0.340 e. The van der Waals surface area contributed by atoms with E-state index in [0.29, 0.717) is 37.4 Å². The number of rotatable bonds is 4. The highest BCUT2D eigenvalue weighted by Crippen LogP contribution is 2.25. The molecule has 122 valence electrons. The Hall–Kier alpha value is -1.80. The van der Waals surface area contributed by atoms with Crippen LogP contribution in [-0.2, 0) is 14.8 Å². The van der Waals surface area contributed by atoms with E-state index in [1.54, 1.807) is 25.1 Å². The number of sulfonamides is 1. The number of ether oxygens (including phenoxy) is 1. The number of benzene rings is 1. The molecule has 0 saturated carbocycles. The molecule has 1 aliphatic rings. The molecule has 1 aromatic rings. The average Bonchev–Trinajstić information content (AvgIpc) is 2.46. The molecule has 2 rings (SSSR count). The van der Waals surface area contributed by atoms with Gasteiger partial charge in [0.25, 0.3) is 0 Å². The molecule has 1 heterocycles. The summed E-state index contributed by atoms with van der Waals surface area (Å²) in [6, 6.07) is 5.09. The molecule has 0 atom stereocenters. The number of esters is 1. The van der Waals surface area contributed by atoms with Gasteiger partial charge in [-0.25, -0.2) is 13.2 Å². The van der Waals surface area contributed by atoms with Crippen molar-refractivity contribution in [2.75, 3.05) is 49.7 Å². The number of nitrogens with zero attached hydrogens (tertiary/aromatic N) is 2. The summed E-state index contributed by atoms with van der Waals surface area (Å²) in [4.78, 5) is 14.1. The van der Waals surface area contributed by atoms with Crippen LogP contribution >= 0.6 is 0 Å². The number of anilines is 2. The first kappa shape index (κ1) is 16.6. The van der Waals surface area contributed by atoms with Crippen molar-refractivity contribution in [1.29, 1.82) is 0 Å². The maximum atomic E-state index is 12.1. The third kappa shape index (κ3) is 3.69. The summed E-state index contributed by atoms with van der Waals surface area (Å²) in [5.41, 5.74) is 7.38. The summed E-state index contributed by atoms with van der Waals surface area (Å²) in [7, 11) is -3.18. The molecule has 8 heteroatoms. The highest BCUT2D eigenvalue weighted by Gasteiger charge is 2.26. The molecule has 0 aromatic heterocycles. The Morgan fingerprint density at radius 1 is 1.27 bits per heavy atom. The van der Waals surface area contributed by atoms with E-state index in [1.165, 1.54) is 10.6 Å². The predicted octanol–water partition coefficient (Wildman–Crippen LogP) is 0.527. The van der Waals surface area contributed by atoms with Gasteiger partial charge in [-0.1, -0.05) is 0 Å². The lowest BCUT2D eigenvalue weighted by atomic mass is 10.1. The fourth-order valence-corrected chi connectivity index (χ4v) is 3.29. The molecule has 0 amide bonds. The number of carbonyl (C=O) groups is 1. The van der Waals surface area contributed by atoms with Crippen molar-refractivity contribution in [3.05, 3.63) is 23.8 Å². The number of nitrogens with two attached hydrogens (primary N) is 1. The minimum Gasteiger partial charge on any atom is -0.462 e. The van der Waals surface area contributed by atoms with E-state index < -0.39 is 16.0 Å². The first-order chi connectivity index (χ1) is 10.3. The van der Waals surface area contributed by atoms with Crippen LogP contribution in [0.15, 0.2) is 18.2 Å². The van der Waals surface area contributed by atoms with Gasteiger partial charge in [-0.15, -0.1) is 0 Å².